The number of rotatable bonds is 7. The predicted molar refractivity (Wildman–Crippen MR) is 93.8 cm³/mol. The summed E-state index contributed by atoms with van der Waals surface area (Å²) in [7, 11) is 0. The fraction of sp³-hybridized carbons (Fsp3) is 0.368. The van der Waals surface area contributed by atoms with Crippen LogP contribution in [-0.2, 0) is 0 Å². The van der Waals surface area contributed by atoms with Gasteiger partial charge in [0.25, 0.3) is 0 Å². The first kappa shape index (κ1) is 17.0. The highest BCUT2D eigenvalue weighted by Gasteiger charge is 2.07. The molecule has 0 spiro atoms. The molecule has 0 saturated heterocycles. The van der Waals surface area contributed by atoms with Crippen LogP contribution >= 0.6 is 15.9 Å². The Morgan fingerprint density at radius 3 is 2.45 bits per heavy atom. The predicted octanol–water partition coefficient (Wildman–Crippen LogP) is 6.60. The lowest BCUT2D eigenvalue weighted by Gasteiger charge is -2.15. The smallest absolute Gasteiger partial charge is 0.132 e. The van der Waals surface area contributed by atoms with Crippen LogP contribution in [0.4, 0.5) is 4.39 Å². The maximum absolute atomic E-state index is 14.0. The topological polar surface area (TPSA) is 9.23 Å². The highest BCUT2D eigenvalue weighted by atomic mass is 79.9. The van der Waals surface area contributed by atoms with Crippen molar-refractivity contribution in [2.24, 2.45) is 0 Å². The summed E-state index contributed by atoms with van der Waals surface area (Å²) in [5, 5.41) is 0. The van der Waals surface area contributed by atoms with E-state index in [1.807, 2.05) is 30.3 Å². The van der Waals surface area contributed by atoms with Crippen molar-refractivity contribution >= 4 is 15.9 Å². The fourth-order valence-electron chi connectivity index (χ4n) is 2.41. The normalized spacial score (nSPS) is 12.2. The largest absolute Gasteiger partial charge is 0.491 e. The molecule has 0 N–H and O–H groups in total. The molecule has 1 atom stereocenters. The molecule has 0 heterocycles. The number of hydrogen-bond acceptors (Lipinski definition) is 1. The van der Waals surface area contributed by atoms with Crippen molar-refractivity contribution in [3.8, 4) is 16.9 Å². The van der Waals surface area contributed by atoms with E-state index in [0.717, 1.165) is 22.2 Å². The summed E-state index contributed by atoms with van der Waals surface area (Å²) in [5.74, 6) is 0.612. The minimum Gasteiger partial charge on any atom is -0.491 e. The molecule has 2 aromatic rings. The third kappa shape index (κ3) is 4.84. The van der Waals surface area contributed by atoms with Crippen LogP contribution in [-0.4, -0.2) is 6.10 Å². The summed E-state index contributed by atoms with van der Waals surface area (Å²) in [6, 6.07) is 12.7. The highest BCUT2D eigenvalue weighted by molar-refractivity contribution is 9.10. The molecular weight excluding hydrogens is 343 g/mol. The molecule has 0 amide bonds. The summed E-state index contributed by atoms with van der Waals surface area (Å²) >= 11 is 3.27. The van der Waals surface area contributed by atoms with Gasteiger partial charge >= 0.3 is 0 Å². The molecule has 0 bridgehead atoms. The average molecular weight is 365 g/mol. The van der Waals surface area contributed by atoms with Gasteiger partial charge in [0.1, 0.15) is 11.6 Å². The molecule has 3 heteroatoms. The zero-order valence-corrected chi connectivity index (χ0v) is 14.7. The molecule has 0 aliphatic rings. The Bertz CT molecular complexity index is 595. The van der Waals surface area contributed by atoms with Gasteiger partial charge in [0, 0.05) is 10.0 Å². The van der Waals surface area contributed by atoms with Crippen LogP contribution in [0.25, 0.3) is 11.1 Å². The first-order chi connectivity index (χ1) is 10.6. The van der Waals surface area contributed by atoms with Gasteiger partial charge in [-0.25, -0.2) is 4.39 Å². The zero-order valence-electron chi connectivity index (χ0n) is 13.1. The summed E-state index contributed by atoms with van der Waals surface area (Å²) in [6.45, 7) is 4.30. The Labute approximate surface area is 140 Å². The van der Waals surface area contributed by atoms with E-state index >= 15 is 0 Å². The first-order valence-corrected chi connectivity index (χ1v) is 8.61. The summed E-state index contributed by atoms with van der Waals surface area (Å²) < 4.78 is 20.6. The van der Waals surface area contributed by atoms with Crippen LogP contribution in [0.5, 0.6) is 5.75 Å². The van der Waals surface area contributed by atoms with Gasteiger partial charge in [-0.15, -0.1) is 0 Å². The van der Waals surface area contributed by atoms with Crippen molar-refractivity contribution in [2.45, 2.75) is 45.6 Å². The quantitative estimate of drug-likeness (QED) is 0.502. The van der Waals surface area contributed by atoms with Crippen molar-refractivity contribution in [3.05, 3.63) is 52.8 Å². The minimum absolute atomic E-state index is 0.210. The van der Waals surface area contributed by atoms with E-state index in [1.165, 1.54) is 25.3 Å². The Morgan fingerprint density at radius 1 is 1.09 bits per heavy atom. The van der Waals surface area contributed by atoms with Crippen LogP contribution in [0.3, 0.4) is 0 Å². The van der Waals surface area contributed by atoms with Crippen LogP contribution < -0.4 is 4.74 Å². The van der Waals surface area contributed by atoms with Crippen LogP contribution in [0.2, 0.25) is 0 Å². The molecule has 0 radical (unpaired) electrons. The summed E-state index contributed by atoms with van der Waals surface area (Å²) in [4.78, 5) is 0. The number of unbranched alkanes of at least 4 members (excludes halogenated alkanes) is 2. The van der Waals surface area contributed by atoms with Crippen molar-refractivity contribution in [1.29, 1.82) is 0 Å². The molecule has 0 aliphatic heterocycles. The third-order valence-corrected chi connectivity index (χ3v) is 4.14. The summed E-state index contributed by atoms with van der Waals surface area (Å²) in [6.07, 6.45) is 4.94. The highest BCUT2D eigenvalue weighted by Crippen LogP contribution is 2.27. The molecule has 0 unspecified atom stereocenters. The molecule has 0 saturated carbocycles. The van der Waals surface area contributed by atoms with Crippen molar-refractivity contribution in [3.63, 3.8) is 0 Å². The second-order valence-corrected chi connectivity index (χ2v) is 6.49. The van der Waals surface area contributed by atoms with Crippen molar-refractivity contribution in [2.75, 3.05) is 0 Å². The SMILES string of the molecule is CCCCC[C@H](C)Oc1ccc(-c2ccc(Br)cc2F)cc1. The van der Waals surface area contributed by atoms with Crippen molar-refractivity contribution < 1.29 is 9.13 Å². The van der Waals surface area contributed by atoms with E-state index < -0.39 is 0 Å². The van der Waals surface area contributed by atoms with Gasteiger partial charge in [0.2, 0.25) is 0 Å². The Hall–Kier alpha value is -1.35. The van der Waals surface area contributed by atoms with E-state index in [0.29, 0.717) is 5.56 Å². The van der Waals surface area contributed by atoms with Crippen LogP contribution in [0.15, 0.2) is 46.9 Å². The minimum atomic E-state index is -0.226. The van der Waals surface area contributed by atoms with Gasteiger partial charge in [-0.3, -0.25) is 0 Å². The Kier molecular flexibility index (Phi) is 6.44. The van der Waals surface area contributed by atoms with Crippen LogP contribution in [0.1, 0.15) is 39.5 Å². The molecule has 0 fully saturated rings. The summed E-state index contributed by atoms with van der Waals surface area (Å²) in [5.41, 5.74) is 1.46. The third-order valence-electron chi connectivity index (χ3n) is 3.65. The number of ether oxygens (including phenoxy) is 1. The van der Waals surface area contributed by atoms with E-state index in [-0.39, 0.29) is 11.9 Å². The standard InChI is InChI=1S/C19H22BrFO/c1-3-4-5-6-14(2)22-17-10-7-15(8-11-17)18-12-9-16(20)13-19(18)21/h7-14H,3-6H2,1-2H3/t14-/m0/s1. The Morgan fingerprint density at radius 2 is 1.82 bits per heavy atom. The zero-order chi connectivity index (χ0) is 15.9. The Balaban J connectivity index is 2.01. The molecule has 22 heavy (non-hydrogen) atoms. The van der Waals surface area contributed by atoms with Gasteiger partial charge in [-0.05, 0) is 49.6 Å². The van der Waals surface area contributed by atoms with Gasteiger partial charge in [0.15, 0.2) is 0 Å². The lowest BCUT2D eigenvalue weighted by atomic mass is 10.1. The fourth-order valence-corrected chi connectivity index (χ4v) is 2.74. The van der Waals surface area contributed by atoms with Gasteiger partial charge in [0.05, 0.1) is 6.10 Å². The number of halogens is 2. The molecule has 118 valence electrons. The van der Waals surface area contributed by atoms with Gasteiger partial charge in [-0.2, -0.15) is 0 Å². The van der Waals surface area contributed by atoms with E-state index in [1.54, 1.807) is 6.07 Å². The first-order valence-electron chi connectivity index (χ1n) is 7.82. The molecule has 2 aromatic carbocycles. The molecule has 0 aromatic heterocycles. The van der Waals surface area contributed by atoms with Crippen LogP contribution in [0, 0.1) is 5.82 Å². The second kappa shape index (κ2) is 8.33. The monoisotopic (exact) mass is 364 g/mol. The lowest BCUT2D eigenvalue weighted by molar-refractivity contribution is 0.206. The maximum Gasteiger partial charge on any atom is 0.132 e. The maximum atomic E-state index is 14.0. The number of hydrogen-bond donors (Lipinski definition) is 0. The van der Waals surface area contributed by atoms with E-state index in [9.17, 15) is 4.39 Å². The van der Waals surface area contributed by atoms with Gasteiger partial charge in [-0.1, -0.05) is 53.9 Å². The average Bonchev–Trinajstić information content (AvgIpc) is 2.49. The lowest BCUT2D eigenvalue weighted by Crippen LogP contribution is -2.11. The molecule has 0 aliphatic carbocycles. The second-order valence-electron chi connectivity index (χ2n) is 5.57. The molecule has 2 rings (SSSR count). The number of benzene rings is 2. The van der Waals surface area contributed by atoms with Gasteiger partial charge < -0.3 is 4.74 Å². The molecule has 1 nitrogen and oxygen atoms in total. The van der Waals surface area contributed by atoms with E-state index in [4.69, 9.17) is 4.74 Å². The molecular formula is C19H22BrFO. The van der Waals surface area contributed by atoms with Crippen molar-refractivity contribution in [1.82, 2.24) is 0 Å². The van der Waals surface area contributed by atoms with E-state index in [2.05, 4.69) is 29.8 Å².